The van der Waals surface area contributed by atoms with E-state index in [0.717, 1.165) is 6.07 Å². The number of sulfonamides is 1. The zero-order valence-corrected chi connectivity index (χ0v) is 12.5. The Morgan fingerprint density at radius 2 is 1.67 bits per heavy atom. The van der Waals surface area contributed by atoms with Crippen molar-refractivity contribution in [3.8, 4) is 0 Å². The quantitative estimate of drug-likeness (QED) is 0.943. The molecule has 0 saturated heterocycles. The first-order valence-corrected chi connectivity index (χ1v) is 7.79. The van der Waals surface area contributed by atoms with Gasteiger partial charge in [-0.15, -0.1) is 0 Å². The third-order valence-electron chi connectivity index (χ3n) is 3.14. The molecule has 0 amide bonds. The minimum atomic E-state index is -3.85. The molecule has 0 saturated carbocycles. The lowest BCUT2D eigenvalue weighted by Crippen LogP contribution is -2.24. The standard InChI is InChI=1S/C15H15F2NO2S/c1-10-3-5-12(7-14(10)17)9-18-21(19,20)15-8-13(16)6-4-11(15)2/h3-8,18H,9H2,1-2H3. The van der Waals surface area contributed by atoms with Crippen molar-refractivity contribution in [2.45, 2.75) is 25.3 Å². The summed E-state index contributed by atoms with van der Waals surface area (Å²) in [5.74, 6) is -1.02. The molecule has 0 heterocycles. The van der Waals surface area contributed by atoms with E-state index < -0.39 is 21.7 Å². The highest BCUT2D eigenvalue weighted by atomic mass is 32.2. The van der Waals surface area contributed by atoms with Crippen LogP contribution in [0, 0.1) is 25.5 Å². The molecule has 0 aliphatic heterocycles. The average molecular weight is 311 g/mol. The van der Waals surface area contributed by atoms with Crippen LogP contribution in [0.5, 0.6) is 0 Å². The molecule has 1 N–H and O–H groups in total. The van der Waals surface area contributed by atoms with Crippen LogP contribution in [0.3, 0.4) is 0 Å². The van der Waals surface area contributed by atoms with Crippen LogP contribution in [0.1, 0.15) is 16.7 Å². The SMILES string of the molecule is Cc1ccc(CNS(=O)(=O)c2cc(F)ccc2C)cc1F. The fourth-order valence-electron chi connectivity index (χ4n) is 1.87. The maximum Gasteiger partial charge on any atom is 0.241 e. The molecule has 0 bridgehead atoms. The highest BCUT2D eigenvalue weighted by molar-refractivity contribution is 7.89. The largest absolute Gasteiger partial charge is 0.241 e. The van der Waals surface area contributed by atoms with Crippen molar-refractivity contribution in [2.75, 3.05) is 0 Å². The highest BCUT2D eigenvalue weighted by Gasteiger charge is 2.17. The lowest BCUT2D eigenvalue weighted by atomic mass is 10.1. The fraction of sp³-hybridized carbons (Fsp3) is 0.200. The van der Waals surface area contributed by atoms with E-state index in [2.05, 4.69) is 4.72 Å². The number of nitrogens with one attached hydrogen (secondary N) is 1. The average Bonchev–Trinajstić information content (AvgIpc) is 2.43. The molecule has 112 valence electrons. The Hall–Kier alpha value is -1.79. The van der Waals surface area contributed by atoms with Crippen LogP contribution in [-0.4, -0.2) is 8.42 Å². The molecule has 0 radical (unpaired) electrons. The van der Waals surface area contributed by atoms with Crippen LogP contribution >= 0.6 is 0 Å². The van der Waals surface area contributed by atoms with E-state index in [1.807, 2.05) is 0 Å². The molecule has 0 aliphatic carbocycles. The molecular formula is C15H15F2NO2S. The van der Waals surface area contributed by atoms with Gasteiger partial charge < -0.3 is 0 Å². The lowest BCUT2D eigenvalue weighted by molar-refractivity contribution is 0.575. The van der Waals surface area contributed by atoms with E-state index in [1.54, 1.807) is 26.0 Å². The second-order valence-corrected chi connectivity index (χ2v) is 6.55. The van der Waals surface area contributed by atoms with Crippen LogP contribution < -0.4 is 4.72 Å². The van der Waals surface area contributed by atoms with Gasteiger partial charge in [-0.3, -0.25) is 0 Å². The second kappa shape index (κ2) is 5.91. The molecule has 0 aromatic heterocycles. The lowest BCUT2D eigenvalue weighted by Gasteiger charge is -2.10. The van der Waals surface area contributed by atoms with Gasteiger partial charge in [0.25, 0.3) is 0 Å². The van der Waals surface area contributed by atoms with Gasteiger partial charge in [-0.2, -0.15) is 0 Å². The third-order valence-corrected chi connectivity index (χ3v) is 4.69. The van der Waals surface area contributed by atoms with Crippen molar-refractivity contribution in [3.63, 3.8) is 0 Å². The van der Waals surface area contributed by atoms with E-state index in [1.165, 1.54) is 18.2 Å². The van der Waals surface area contributed by atoms with Crippen LogP contribution in [0.15, 0.2) is 41.3 Å². The Labute approximate surface area is 122 Å². The summed E-state index contributed by atoms with van der Waals surface area (Å²) in [5.41, 5.74) is 1.43. The molecule has 2 aromatic rings. The Morgan fingerprint density at radius 3 is 2.33 bits per heavy atom. The van der Waals surface area contributed by atoms with Gasteiger partial charge in [-0.05, 0) is 48.7 Å². The first-order chi connectivity index (χ1) is 9.79. The van der Waals surface area contributed by atoms with Crippen LogP contribution in [0.4, 0.5) is 8.78 Å². The predicted octanol–water partition coefficient (Wildman–Crippen LogP) is 3.06. The number of aryl methyl sites for hydroxylation is 2. The van der Waals surface area contributed by atoms with Crippen LogP contribution in [0.25, 0.3) is 0 Å². The summed E-state index contributed by atoms with van der Waals surface area (Å²) in [5, 5.41) is 0. The van der Waals surface area contributed by atoms with Crippen LogP contribution in [0.2, 0.25) is 0 Å². The van der Waals surface area contributed by atoms with Gasteiger partial charge in [0.15, 0.2) is 0 Å². The van der Waals surface area contributed by atoms with Crippen molar-refractivity contribution >= 4 is 10.0 Å². The Kier molecular flexibility index (Phi) is 4.39. The molecule has 0 spiro atoms. The van der Waals surface area contributed by atoms with Gasteiger partial charge in [0.2, 0.25) is 10.0 Å². The number of hydrogen-bond acceptors (Lipinski definition) is 2. The molecule has 2 rings (SSSR count). The molecular weight excluding hydrogens is 296 g/mol. The van der Waals surface area contributed by atoms with E-state index in [-0.39, 0.29) is 11.4 Å². The van der Waals surface area contributed by atoms with Gasteiger partial charge >= 0.3 is 0 Å². The van der Waals surface area contributed by atoms with Crippen molar-refractivity contribution < 1.29 is 17.2 Å². The van der Waals surface area contributed by atoms with Crippen molar-refractivity contribution in [1.82, 2.24) is 4.72 Å². The van der Waals surface area contributed by atoms with Crippen molar-refractivity contribution in [1.29, 1.82) is 0 Å². The summed E-state index contributed by atoms with van der Waals surface area (Å²) in [6.45, 7) is 3.15. The summed E-state index contributed by atoms with van der Waals surface area (Å²) in [6, 6.07) is 8.05. The minimum Gasteiger partial charge on any atom is -0.207 e. The maximum atomic E-state index is 13.4. The fourth-order valence-corrected chi connectivity index (χ4v) is 3.14. The van der Waals surface area contributed by atoms with Crippen molar-refractivity contribution in [2.24, 2.45) is 0 Å². The Balaban J connectivity index is 2.21. The van der Waals surface area contributed by atoms with Gasteiger partial charge in [0, 0.05) is 6.54 Å². The summed E-state index contributed by atoms with van der Waals surface area (Å²) in [6.07, 6.45) is 0. The monoisotopic (exact) mass is 311 g/mol. The zero-order chi connectivity index (χ0) is 15.6. The number of rotatable bonds is 4. The summed E-state index contributed by atoms with van der Waals surface area (Å²) in [4.78, 5) is -0.116. The molecule has 2 aromatic carbocycles. The van der Waals surface area contributed by atoms with Gasteiger partial charge in [0.1, 0.15) is 11.6 Å². The topological polar surface area (TPSA) is 46.2 Å². The smallest absolute Gasteiger partial charge is 0.207 e. The highest BCUT2D eigenvalue weighted by Crippen LogP contribution is 2.17. The first kappa shape index (κ1) is 15.6. The zero-order valence-electron chi connectivity index (χ0n) is 11.7. The maximum absolute atomic E-state index is 13.4. The van der Waals surface area contributed by atoms with Crippen LogP contribution in [-0.2, 0) is 16.6 Å². The molecule has 0 aliphatic rings. The number of halogens is 2. The third kappa shape index (κ3) is 3.65. The van der Waals surface area contributed by atoms with E-state index in [0.29, 0.717) is 16.7 Å². The van der Waals surface area contributed by atoms with Gasteiger partial charge in [-0.25, -0.2) is 21.9 Å². The molecule has 6 heteroatoms. The van der Waals surface area contributed by atoms with E-state index in [4.69, 9.17) is 0 Å². The first-order valence-electron chi connectivity index (χ1n) is 6.30. The minimum absolute atomic E-state index is 0.0600. The Morgan fingerprint density at radius 1 is 1.00 bits per heavy atom. The normalized spacial score (nSPS) is 11.6. The predicted molar refractivity (Wildman–Crippen MR) is 76.3 cm³/mol. The summed E-state index contributed by atoms with van der Waals surface area (Å²) >= 11 is 0. The molecule has 0 fully saturated rings. The molecule has 3 nitrogen and oxygen atoms in total. The number of hydrogen-bond donors (Lipinski definition) is 1. The van der Waals surface area contributed by atoms with Crippen molar-refractivity contribution in [3.05, 3.63) is 64.7 Å². The summed E-state index contributed by atoms with van der Waals surface area (Å²) < 4.78 is 53.3. The van der Waals surface area contributed by atoms with E-state index in [9.17, 15) is 17.2 Å². The number of benzene rings is 2. The molecule has 0 unspecified atom stereocenters. The molecule has 21 heavy (non-hydrogen) atoms. The van der Waals surface area contributed by atoms with Gasteiger partial charge in [-0.1, -0.05) is 18.2 Å². The molecule has 0 atom stereocenters. The second-order valence-electron chi connectivity index (χ2n) is 4.82. The Bertz CT molecular complexity index is 773. The summed E-state index contributed by atoms with van der Waals surface area (Å²) in [7, 11) is -3.85. The van der Waals surface area contributed by atoms with E-state index >= 15 is 0 Å². The van der Waals surface area contributed by atoms with Gasteiger partial charge in [0.05, 0.1) is 4.90 Å².